The lowest BCUT2D eigenvalue weighted by Gasteiger charge is -2.05. The van der Waals surface area contributed by atoms with Crippen LogP contribution in [0.2, 0.25) is 0 Å². The average Bonchev–Trinajstić information content (AvgIpc) is 3.14. The third-order valence-electron chi connectivity index (χ3n) is 3.92. The van der Waals surface area contributed by atoms with Crippen LogP contribution in [-0.4, -0.2) is 30.3 Å². The molecule has 0 aliphatic rings. The van der Waals surface area contributed by atoms with Crippen LogP contribution in [0.4, 0.5) is 4.79 Å². The first kappa shape index (κ1) is 19.8. The predicted molar refractivity (Wildman–Crippen MR) is 108 cm³/mol. The molecule has 6 nitrogen and oxygen atoms in total. The topological polar surface area (TPSA) is 70.8 Å². The van der Waals surface area contributed by atoms with Crippen molar-refractivity contribution < 1.29 is 23.4 Å². The Kier molecular flexibility index (Phi) is 6.97. The number of methoxy groups -OCH3 is 1. The number of hydrogen-bond donors (Lipinski definition) is 0. The van der Waals surface area contributed by atoms with Gasteiger partial charge in [0.25, 0.3) is 0 Å². The summed E-state index contributed by atoms with van der Waals surface area (Å²) in [5.74, 6) is 2.01. The van der Waals surface area contributed by atoms with Crippen LogP contribution in [0, 0.1) is 0 Å². The minimum absolute atomic E-state index is 0.0675. The highest BCUT2D eigenvalue weighted by Gasteiger charge is 2.20. The number of rotatable bonds is 8. The summed E-state index contributed by atoms with van der Waals surface area (Å²) in [6, 6.07) is 16.7. The van der Waals surface area contributed by atoms with Crippen LogP contribution >= 0.6 is 11.8 Å². The monoisotopic (exact) mass is 399 g/mol. The fourth-order valence-corrected chi connectivity index (χ4v) is 2.85. The molecule has 0 fully saturated rings. The Morgan fingerprint density at radius 3 is 2.54 bits per heavy atom. The van der Waals surface area contributed by atoms with Gasteiger partial charge in [-0.25, -0.2) is 9.78 Å². The second-order valence-electron chi connectivity index (χ2n) is 5.85. The maximum absolute atomic E-state index is 12.1. The third-order valence-corrected chi connectivity index (χ3v) is 4.53. The van der Waals surface area contributed by atoms with Crippen LogP contribution in [0.25, 0.3) is 11.5 Å². The summed E-state index contributed by atoms with van der Waals surface area (Å²) in [5, 5.41) is 0. The van der Waals surface area contributed by atoms with E-state index >= 15 is 0 Å². The van der Waals surface area contributed by atoms with Crippen molar-refractivity contribution in [3.05, 3.63) is 65.9 Å². The first-order valence-electron chi connectivity index (χ1n) is 8.71. The molecule has 0 amide bonds. The molecule has 1 heterocycles. The fraction of sp³-hybridized carbons (Fsp3) is 0.238. The van der Waals surface area contributed by atoms with Gasteiger partial charge in [-0.2, -0.15) is 11.8 Å². The Bertz CT molecular complexity index is 893. The number of aromatic nitrogens is 1. The zero-order valence-electron chi connectivity index (χ0n) is 15.7. The number of benzene rings is 2. The second-order valence-corrected chi connectivity index (χ2v) is 6.84. The molecule has 146 valence electrons. The van der Waals surface area contributed by atoms with Crippen LogP contribution in [0.5, 0.6) is 11.7 Å². The molecule has 0 radical (unpaired) electrons. The van der Waals surface area contributed by atoms with E-state index in [4.69, 9.17) is 18.6 Å². The molecule has 28 heavy (non-hydrogen) atoms. The van der Waals surface area contributed by atoms with Gasteiger partial charge >= 0.3 is 12.1 Å². The normalized spacial score (nSPS) is 10.5. The van der Waals surface area contributed by atoms with Gasteiger partial charge in [0.1, 0.15) is 18.1 Å². The highest BCUT2D eigenvalue weighted by atomic mass is 32.2. The van der Waals surface area contributed by atoms with E-state index < -0.39 is 6.16 Å². The Labute approximate surface area is 167 Å². The number of hydrogen-bond acceptors (Lipinski definition) is 7. The molecule has 1 aromatic heterocycles. The SMILES string of the molecule is COc1ccc(-c2nc(CCSC)c(OC(=O)OCc3ccccc3)o2)cc1. The van der Waals surface area contributed by atoms with Crippen LogP contribution in [-0.2, 0) is 17.8 Å². The minimum Gasteiger partial charge on any atom is -0.497 e. The summed E-state index contributed by atoms with van der Waals surface area (Å²) < 4.78 is 21.3. The Hall–Kier alpha value is -2.93. The lowest BCUT2D eigenvalue weighted by atomic mass is 10.2. The van der Waals surface area contributed by atoms with Crippen molar-refractivity contribution in [2.24, 2.45) is 0 Å². The van der Waals surface area contributed by atoms with Gasteiger partial charge in [0.05, 0.1) is 7.11 Å². The molecule has 0 atom stereocenters. The van der Waals surface area contributed by atoms with Gasteiger partial charge in [0, 0.05) is 12.0 Å². The third kappa shape index (κ3) is 5.29. The fourth-order valence-electron chi connectivity index (χ4n) is 2.45. The molecular weight excluding hydrogens is 378 g/mol. The molecule has 0 saturated heterocycles. The maximum Gasteiger partial charge on any atom is 0.516 e. The second kappa shape index (κ2) is 9.85. The summed E-state index contributed by atoms with van der Waals surface area (Å²) in [6.45, 7) is 0.124. The lowest BCUT2D eigenvalue weighted by Crippen LogP contribution is -2.11. The number of thioether (sulfide) groups is 1. The number of aryl methyl sites for hydroxylation is 1. The van der Waals surface area contributed by atoms with E-state index in [-0.39, 0.29) is 12.6 Å². The predicted octanol–water partition coefficient (Wildman–Crippen LogP) is 4.97. The molecule has 0 N–H and O–H groups in total. The number of oxazole rings is 1. The summed E-state index contributed by atoms with van der Waals surface area (Å²) in [4.78, 5) is 16.6. The lowest BCUT2D eigenvalue weighted by molar-refractivity contribution is 0.0840. The van der Waals surface area contributed by atoms with Crippen molar-refractivity contribution >= 4 is 17.9 Å². The van der Waals surface area contributed by atoms with Gasteiger partial charge in [-0.15, -0.1) is 0 Å². The molecule has 0 aliphatic heterocycles. The van der Waals surface area contributed by atoms with Crippen LogP contribution < -0.4 is 9.47 Å². The highest BCUT2D eigenvalue weighted by Crippen LogP contribution is 2.29. The Balaban J connectivity index is 1.72. The molecule has 3 rings (SSSR count). The standard InChI is InChI=1S/C21H21NO5S/c1-24-17-10-8-16(9-11-17)19-22-18(12-13-28-2)20(26-19)27-21(23)25-14-15-6-4-3-5-7-15/h3-11H,12-14H2,1-2H3. The van der Waals surface area contributed by atoms with Crippen molar-refractivity contribution in [2.75, 3.05) is 19.1 Å². The Morgan fingerprint density at radius 2 is 1.86 bits per heavy atom. The van der Waals surface area contributed by atoms with Gasteiger partial charge in [-0.3, -0.25) is 0 Å². The van der Waals surface area contributed by atoms with Crippen LogP contribution in [0.3, 0.4) is 0 Å². The average molecular weight is 399 g/mol. The molecule has 0 bridgehead atoms. The van der Waals surface area contributed by atoms with Crippen LogP contribution in [0.1, 0.15) is 11.3 Å². The van der Waals surface area contributed by atoms with Crippen molar-refractivity contribution in [2.45, 2.75) is 13.0 Å². The molecule has 0 unspecified atom stereocenters. The van der Waals surface area contributed by atoms with E-state index in [1.54, 1.807) is 18.9 Å². The number of nitrogens with zero attached hydrogens (tertiary/aromatic N) is 1. The van der Waals surface area contributed by atoms with E-state index in [1.165, 1.54) is 0 Å². The van der Waals surface area contributed by atoms with Gasteiger partial charge in [-0.1, -0.05) is 30.3 Å². The summed E-state index contributed by atoms with van der Waals surface area (Å²) in [7, 11) is 1.60. The first-order chi connectivity index (χ1) is 13.7. The van der Waals surface area contributed by atoms with Crippen molar-refractivity contribution in [3.63, 3.8) is 0 Å². The Morgan fingerprint density at radius 1 is 1.11 bits per heavy atom. The number of carbonyl (C=O) groups excluding carboxylic acids is 1. The van der Waals surface area contributed by atoms with Crippen molar-refractivity contribution in [1.82, 2.24) is 4.98 Å². The molecule has 0 aliphatic carbocycles. The van der Waals surface area contributed by atoms with E-state index in [2.05, 4.69) is 4.98 Å². The highest BCUT2D eigenvalue weighted by molar-refractivity contribution is 7.98. The summed E-state index contributed by atoms with van der Waals surface area (Å²) in [6.07, 6.45) is 1.79. The zero-order chi connectivity index (χ0) is 19.8. The maximum atomic E-state index is 12.1. The van der Waals surface area contributed by atoms with Crippen molar-refractivity contribution in [1.29, 1.82) is 0 Å². The van der Waals surface area contributed by atoms with Crippen LogP contribution in [0.15, 0.2) is 59.0 Å². The smallest absolute Gasteiger partial charge is 0.497 e. The van der Waals surface area contributed by atoms with Gasteiger partial charge < -0.3 is 18.6 Å². The minimum atomic E-state index is -0.827. The van der Waals surface area contributed by atoms with Gasteiger partial charge in [0.15, 0.2) is 0 Å². The van der Waals surface area contributed by atoms with Gasteiger partial charge in [0.2, 0.25) is 5.89 Å². The number of ether oxygens (including phenoxy) is 3. The molecular formula is C21H21NO5S. The van der Waals surface area contributed by atoms with Gasteiger partial charge in [-0.05, 0) is 41.8 Å². The van der Waals surface area contributed by atoms with E-state index in [9.17, 15) is 4.79 Å². The first-order valence-corrected chi connectivity index (χ1v) is 10.1. The quantitative estimate of drug-likeness (QED) is 0.495. The zero-order valence-corrected chi connectivity index (χ0v) is 16.5. The molecule has 2 aromatic carbocycles. The molecule has 3 aromatic rings. The molecule has 0 spiro atoms. The van der Waals surface area contributed by atoms with E-state index in [0.29, 0.717) is 18.0 Å². The molecule has 7 heteroatoms. The summed E-state index contributed by atoms with van der Waals surface area (Å²) >= 11 is 1.67. The van der Waals surface area contributed by atoms with E-state index in [0.717, 1.165) is 22.6 Å². The van der Waals surface area contributed by atoms with E-state index in [1.807, 2.05) is 60.9 Å². The molecule has 0 saturated carbocycles. The van der Waals surface area contributed by atoms with Crippen molar-refractivity contribution in [3.8, 4) is 23.1 Å². The largest absolute Gasteiger partial charge is 0.516 e. The summed E-state index contributed by atoms with van der Waals surface area (Å²) in [5.41, 5.74) is 2.22. The number of carbonyl (C=O) groups is 1.